The van der Waals surface area contributed by atoms with Crippen LogP contribution in [0, 0.1) is 6.92 Å². The number of benzene rings is 1. The summed E-state index contributed by atoms with van der Waals surface area (Å²) in [4.78, 5) is 42.6. The fourth-order valence-electron chi connectivity index (χ4n) is 2.81. The van der Waals surface area contributed by atoms with E-state index in [-0.39, 0.29) is 0 Å². The van der Waals surface area contributed by atoms with Crippen molar-refractivity contribution < 1.29 is 14.4 Å². The maximum absolute atomic E-state index is 12.8. The summed E-state index contributed by atoms with van der Waals surface area (Å²) in [6, 6.07) is 8.18. The van der Waals surface area contributed by atoms with Crippen LogP contribution < -0.4 is 10.6 Å². The Kier molecular flexibility index (Phi) is 5.34. The lowest BCUT2D eigenvalue weighted by molar-refractivity contribution is -0.133. The molecule has 1 saturated heterocycles. The third-order valence-electron chi connectivity index (χ3n) is 4.20. The van der Waals surface area contributed by atoms with Crippen LogP contribution in [0.4, 0.5) is 10.5 Å². The monoisotopic (exact) mass is 494 g/mol. The molecule has 0 saturated carbocycles. The van der Waals surface area contributed by atoms with Crippen molar-refractivity contribution in [3.63, 3.8) is 0 Å². The molecular weight excluding hydrogens is 480 g/mol. The lowest BCUT2D eigenvalue weighted by Crippen LogP contribution is -2.42. The summed E-state index contributed by atoms with van der Waals surface area (Å²) in [5, 5.41) is 5.34. The molecule has 2 heterocycles. The van der Waals surface area contributed by atoms with Gasteiger partial charge in [0.15, 0.2) is 5.54 Å². The van der Waals surface area contributed by atoms with Gasteiger partial charge >= 0.3 is 6.03 Å². The number of anilines is 1. The van der Waals surface area contributed by atoms with Crippen molar-refractivity contribution in [3.05, 3.63) is 56.7 Å². The van der Waals surface area contributed by atoms with Gasteiger partial charge in [0.1, 0.15) is 6.54 Å². The number of halogens is 2. The zero-order chi connectivity index (χ0) is 19.8. The summed E-state index contributed by atoms with van der Waals surface area (Å²) in [7, 11) is 0. The zero-order valence-electron chi connectivity index (χ0n) is 14.5. The second kappa shape index (κ2) is 7.40. The van der Waals surface area contributed by atoms with Gasteiger partial charge in [0, 0.05) is 15.1 Å². The van der Waals surface area contributed by atoms with Crippen molar-refractivity contribution in [1.82, 2.24) is 15.2 Å². The van der Waals surface area contributed by atoms with Crippen molar-refractivity contribution in [2.75, 3.05) is 11.9 Å². The molecule has 1 aromatic carbocycles. The fraction of sp³-hybridized carbons (Fsp3) is 0.222. The fourth-order valence-corrected chi connectivity index (χ4v) is 4.43. The molecule has 1 aliphatic heterocycles. The molecule has 1 aliphatic rings. The lowest BCUT2D eigenvalue weighted by atomic mass is 9.97. The maximum Gasteiger partial charge on any atom is 0.325 e. The van der Waals surface area contributed by atoms with Crippen molar-refractivity contribution in [1.29, 1.82) is 0 Å². The van der Waals surface area contributed by atoms with Crippen LogP contribution >= 0.6 is 31.9 Å². The van der Waals surface area contributed by atoms with Gasteiger partial charge in [-0.25, -0.2) is 4.79 Å². The average Bonchev–Trinajstić information content (AvgIpc) is 2.83. The summed E-state index contributed by atoms with van der Waals surface area (Å²) in [6.07, 6.45) is 1.54. The molecule has 0 bridgehead atoms. The Morgan fingerprint density at radius 3 is 2.52 bits per heavy atom. The second-order valence-corrected chi connectivity index (χ2v) is 8.02. The minimum atomic E-state index is -1.30. The van der Waals surface area contributed by atoms with E-state index in [1.165, 1.54) is 0 Å². The summed E-state index contributed by atoms with van der Waals surface area (Å²) < 4.78 is 1.39. The maximum atomic E-state index is 12.8. The Labute approximate surface area is 172 Å². The molecular formula is C18H16Br2N4O3. The number of amides is 4. The normalized spacial score (nSPS) is 19.2. The smallest absolute Gasteiger partial charge is 0.323 e. The standard InChI is InChI=1S/C18H16Br2N4O3/c1-10-7-11(19)15(12(20)8-10)22-14(25)9-24-16(26)18(2,23-17(24)27)13-5-3-4-6-21-13/h3-8H,9H2,1-2H3,(H,22,25)(H,23,27). The highest BCUT2D eigenvalue weighted by Gasteiger charge is 2.50. The van der Waals surface area contributed by atoms with Gasteiger partial charge < -0.3 is 10.6 Å². The number of aromatic nitrogens is 1. The Morgan fingerprint density at radius 2 is 1.93 bits per heavy atom. The minimum Gasteiger partial charge on any atom is -0.323 e. The molecule has 3 rings (SSSR count). The van der Waals surface area contributed by atoms with Crippen molar-refractivity contribution in [2.24, 2.45) is 0 Å². The topological polar surface area (TPSA) is 91.4 Å². The first-order chi connectivity index (χ1) is 12.7. The van der Waals surface area contributed by atoms with E-state index in [4.69, 9.17) is 0 Å². The number of pyridine rings is 1. The molecule has 2 N–H and O–H groups in total. The van der Waals surface area contributed by atoms with Crippen molar-refractivity contribution in [2.45, 2.75) is 19.4 Å². The van der Waals surface area contributed by atoms with Gasteiger partial charge in [0.05, 0.1) is 11.4 Å². The third kappa shape index (κ3) is 3.74. The van der Waals surface area contributed by atoms with Crippen LogP contribution in [0.3, 0.4) is 0 Å². The van der Waals surface area contributed by atoms with Crippen molar-refractivity contribution in [3.8, 4) is 0 Å². The molecule has 0 aliphatic carbocycles. The number of hydrogen-bond acceptors (Lipinski definition) is 4. The molecule has 2 aromatic rings. The van der Waals surface area contributed by atoms with Gasteiger partial charge in [-0.15, -0.1) is 0 Å². The largest absolute Gasteiger partial charge is 0.325 e. The molecule has 1 fully saturated rings. The van der Waals surface area contributed by atoms with Gasteiger partial charge in [-0.2, -0.15) is 0 Å². The summed E-state index contributed by atoms with van der Waals surface area (Å²) >= 11 is 6.80. The van der Waals surface area contributed by atoms with Gasteiger partial charge in [-0.05, 0) is 75.5 Å². The van der Waals surface area contributed by atoms with Gasteiger partial charge in [-0.1, -0.05) is 6.07 Å². The Hall–Kier alpha value is -2.26. The first-order valence-corrected chi connectivity index (χ1v) is 9.62. The Morgan fingerprint density at radius 1 is 1.26 bits per heavy atom. The molecule has 7 nitrogen and oxygen atoms in total. The van der Waals surface area contributed by atoms with E-state index in [1.54, 1.807) is 31.3 Å². The average molecular weight is 496 g/mol. The third-order valence-corrected chi connectivity index (χ3v) is 5.46. The molecule has 27 heavy (non-hydrogen) atoms. The lowest BCUT2D eigenvalue weighted by Gasteiger charge is -2.20. The molecule has 9 heteroatoms. The Balaban J connectivity index is 1.77. The van der Waals surface area contributed by atoms with Crippen LogP contribution in [0.2, 0.25) is 0 Å². The molecule has 1 atom stereocenters. The summed E-state index contributed by atoms with van der Waals surface area (Å²) in [5.74, 6) is -1.02. The van der Waals surface area contributed by atoms with Gasteiger partial charge in [0.2, 0.25) is 5.91 Å². The van der Waals surface area contributed by atoms with Gasteiger partial charge in [-0.3, -0.25) is 19.5 Å². The van der Waals surface area contributed by atoms with E-state index in [9.17, 15) is 14.4 Å². The van der Waals surface area contributed by atoms with Crippen LogP contribution in [0.5, 0.6) is 0 Å². The molecule has 0 spiro atoms. The number of aryl methyl sites for hydroxylation is 1. The number of nitrogens with zero attached hydrogens (tertiary/aromatic N) is 2. The van der Waals surface area contributed by atoms with Crippen LogP contribution in [0.1, 0.15) is 18.2 Å². The van der Waals surface area contributed by atoms with Gasteiger partial charge in [0.25, 0.3) is 5.91 Å². The first kappa shape index (κ1) is 19.5. The van der Waals surface area contributed by atoms with E-state index < -0.39 is 29.9 Å². The number of imide groups is 1. The van der Waals surface area contributed by atoms with Crippen LogP contribution in [0.25, 0.3) is 0 Å². The quantitative estimate of drug-likeness (QED) is 0.636. The number of carbonyl (C=O) groups is 3. The highest BCUT2D eigenvalue weighted by atomic mass is 79.9. The Bertz CT molecular complexity index is 912. The molecule has 4 amide bonds. The predicted octanol–water partition coefficient (Wildman–Crippen LogP) is 3.32. The molecule has 1 unspecified atom stereocenters. The van der Waals surface area contributed by atoms with E-state index in [0.29, 0.717) is 20.3 Å². The zero-order valence-corrected chi connectivity index (χ0v) is 17.7. The van der Waals surface area contributed by atoms with E-state index in [2.05, 4.69) is 47.5 Å². The van der Waals surface area contributed by atoms with E-state index in [1.807, 2.05) is 19.1 Å². The van der Waals surface area contributed by atoms with Crippen LogP contribution in [0.15, 0.2) is 45.5 Å². The van der Waals surface area contributed by atoms with Crippen LogP contribution in [-0.2, 0) is 15.1 Å². The van der Waals surface area contributed by atoms with E-state index >= 15 is 0 Å². The number of hydrogen-bond donors (Lipinski definition) is 2. The highest BCUT2D eigenvalue weighted by molar-refractivity contribution is 9.11. The minimum absolute atomic E-state index is 0.403. The number of carbonyl (C=O) groups excluding carboxylic acids is 3. The van der Waals surface area contributed by atoms with E-state index in [0.717, 1.165) is 10.5 Å². The van der Waals surface area contributed by atoms with Crippen molar-refractivity contribution >= 4 is 55.4 Å². The second-order valence-electron chi connectivity index (χ2n) is 6.31. The predicted molar refractivity (Wildman–Crippen MR) is 107 cm³/mol. The highest BCUT2D eigenvalue weighted by Crippen LogP contribution is 2.32. The summed E-state index contributed by atoms with van der Waals surface area (Å²) in [5.41, 5.74) is 0.649. The molecule has 1 aromatic heterocycles. The van der Waals surface area contributed by atoms with Crippen LogP contribution in [-0.4, -0.2) is 34.3 Å². The number of nitrogens with one attached hydrogen (secondary N) is 2. The summed E-state index contributed by atoms with van der Waals surface area (Å²) in [6.45, 7) is 3.09. The molecule has 0 radical (unpaired) electrons. The number of rotatable bonds is 4. The number of urea groups is 1. The molecule has 140 valence electrons. The SMILES string of the molecule is Cc1cc(Br)c(NC(=O)CN2C(=O)NC(C)(c3ccccn3)C2=O)c(Br)c1. The first-order valence-electron chi connectivity index (χ1n) is 8.03.